The highest BCUT2D eigenvalue weighted by Crippen LogP contribution is 2.33. The Morgan fingerprint density at radius 3 is 3.07 bits per heavy atom. The number of hydrogen-bond donors (Lipinski definition) is 2. The Morgan fingerprint density at radius 1 is 1.37 bits per heavy atom. The quantitative estimate of drug-likeness (QED) is 0.531. The van der Waals surface area contributed by atoms with Crippen LogP contribution in [0.3, 0.4) is 0 Å². The zero-order chi connectivity index (χ0) is 18.8. The van der Waals surface area contributed by atoms with Crippen molar-refractivity contribution in [2.24, 2.45) is 0 Å². The number of hydrogen-bond acceptors (Lipinski definition) is 5. The maximum Gasteiger partial charge on any atom is 0.281 e. The zero-order valence-corrected chi connectivity index (χ0v) is 16.7. The van der Waals surface area contributed by atoms with Crippen LogP contribution in [0.2, 0.25) is 5.15 Å². The molecule has 10 heteroatoms. The maximum absolute atomic E-state index is 13.1. The Bertz CT molecular complexity index is 1290. The SMILES string of the molecule is CN1CCc2c([nH]c3c(NS(=O)(=O)c4c(Cl)nc5sccn45)cccc23)C1. The molecule has 0 atom stereocenters. The summed E-state index contributed by atoms with van der Waals surface area (Å²) in [5, 5.41) is 2.74. The number of likely N-dealkylation sites (N-methyl/N-ethyl adjacent to an activating group) is 1. The van der Waals surface area contributed by atoms with Crippen LogP contribution in [0.5, 0.6) is 0 Å². The highest BCUT2D eigenvalue weighted by Gasteiger charge is 2.27. The van der Waals surface area contributed by atoms with Crippen LogP contribution in [0.15, 0.2) is 34.8 Å². The molecule has 0 amide bonds. The minimum atomic E-state index is -3.91. The molecule has 1 aliphatic heterocycles. The molecule has 0 saturated heterocycles. The molecule has 0 spiro atoms. The summed E-state index contributed by atoms with van der Waals surface area (Å²) in [6.45, 7) is 1.80. The number of nitrogens with one attached hydrogen (secondary N) is 2. The van der Waals surface area contributed by atoms with Crippen molar-refractivity contribution >= 4 is 54.5 Å². The van der Waals surface area contributed by atoms with Crippen molar-refractivity contribution in [3.05, 3.63) is 46.2 Å². The van der Waals surface area contributed by atoms with Crippen molar-refractivity contribution in [2.75, 3.05) is 18.3 Å². The summed E-state index contributed by atoms with van der Waals surface area (Å²) in [6, 6.07) is 5.65. The number of fused-ring (bicyclic) bond motifs is 4. The van der Waals surface area contributed by atoms with Crippen molar-refractivity contribution in [1.82, 2.24) is 19.3 Å². The number of halogens is 1. The molecule has 7 nitrogen and oxygen atoms in total. The second-order valence-electron chi connectivity index (χ2n) is 6.67. The lowest BCUT2D eigenvalue weighted by atomic mass is 10.0. The lowest BCUT2D eigenvalue weighted by Gasteiger charge is -2.22. The Kier molecular flexibility index (Phi) is 3.77. The van der Waals surface area contributed by atoms with Gasteiger partial charge >= 0.3 is 0 Å². The summed E-state index contributed by atoms with van der Waals surface area (Å²) in [5.41, 5.74) is 3.69. The summed E-state index contributed by atoms with van der Waals surface area (Å²) in [5.74, 6) is 0. The average Bonchev–Trinajstić information content (AvgIpc) is 3.26. The van der Waals surface area contributed by atoms with E-state index in [1.54, 1.807) is 17.6 Å². The number of rotatable bonds is 3. The third-order valence-corrected chi connectivity index (χ3v) is 7.40. The fourth-order valence-corrected chi connectivity index (χ4v) is 6.18. The molecule has 4 aromatic rings. The van der Waals surface area contributed by atoms with Crippen LogP contribution in [-0.2, 0) is 23.0 Å². The number of nitrogens with zero attached hydrogens (tertiary/aromatic N) is 3. The van der Waals surface area contributed by atoms with Gasteiger partial charge in [0.1, 0.15) is 0 Å². The predicted octanol–water partition coefficient (Wildman–Crippen LogP) is 3.32. The van der Waals surface area contributed by atoms with Crippen LogP contribution < -0.4 is 4.72 Å². The van der Waals surface area contributed by atoms with Gasteiger partial charge in [-0.2, -0.15) is 8.42 Å². The van der Waals surface area contributed by atoms with E-state index < -0.39 is 10.0 Å². The average molecular weight is 422 g/mol. The summed E-state index contributed by atoms with van der Waals surface area (Å²) in [7, 11) is -1.83. The maximum atomic E-state index is 13.1. The zero-order valence-electron chi connectivity index (χ0n) is 14.4. The fourth-order valence-electron chi connectivity index (χ4n) is 3.66. The Hall–Kier alpha value is -2.07. The van der Waals surface area contributed by atoms with E-state index in [-0.39, 0.29) is 10.2 Å². The van der Waals surface area contributed by atoms with Gasteiger partial charge in [0, 0.05) is 35.7 Å². The summed E-state index contributed by atoms with van der Waals surface area (Å²) >= 11 is 7.45. The minimum absolute atomic E-state index is 0.0334. The van der Waals surface area contributed by atoms with Crippen LogP contribution in [0.25, 0.3) is 15.9 Å². The normalized spacial score (nSPS) is 15.5. The fraction of sp³-hybridized carbons (Fsp3) is 0.235. The van der Waals surface area contributed by atoms with Crippen molar-refractivity contribution in [3.8, 4) is 0 Å². The number of sulfonamides is 1. The summed E-state index contributed by atoms with van der Waals surface area (Å²) < 4.78 is 30.3. The topological polar surface area (TPSA) is 82.5 Å². The van der Waals surface area contributed by atoms with Crippen LogP contribution in [-0.4, -0.2) is 41.3 Å². The first-order valence-electron chi connectivity index (χ1n) is 8.39. The third kappa shape index (κ3) is 2.65. The van der Waals surface area contributed by atoms with E-state index in [4.69, 9.17) is 11.6 Å². The molecule has 0 radical (unpaired) electrons. The number of thiazole rings is 1. The largest absolute Gasteiger partial charge is 0.355 e. The first-order valence-corrected chi connectivity index (χ1v) is 11.1. The monoisotopic (exact) mass is 421 g/mol. The van der Waals surface area contributed by atoms with E-state index in [0.717, 1.165) is 36.1 Å². The molecular weight excluding hydrogens is 406 g/mol. The third-order valence-electron chi connectivity index (χ3n) is 4.88. The van der Waals surface area contributed by atoms with Crippen LogP contribution >= 0.6 is 22.9 Å². The van der Waals surface area contributed by atoms with Gasteiger partial charge < -0.3 is 9.88 Å². The van der Waals surface area contributed by atoms with Gasteiger partial charge in [0.2, 0.25) is 0 Å². The first-order chi connectivity index (χ1) is 12.9. The molecule has 1 aliphatic rings. The standard InChI is InChI=1S/C17H16ClN5O2S2/c1-22-6-5-10-11-3-2-4-12(14(11)19-13(10)9-22)21-27(24,25)16-15(18)20-17-23(16)7-8-26-17/h2-4,7-8,19,21H,5-6,9H2,1H3. The molecule has 2 N–H and O–H groups in total. The molecule has 27 heavy (non-hydrogen) atoms. The number of benzene rings is 1. The summed E-state index contributed by atoms with van der Waals surface area (Å²) in [4.78, 5) is 10.3. The lowest BCUT2D eigenvalue weighted by Crippen LogP contribution is -2.26. The van der Waals surface area contributed by atoms with Gasteiger partial charge in [-0.3, -0.25) is 9.12 Å². The van der Waals surface area contributed by atoms with Gasteiger partial charge in [0.05, 0.1) is 11.2 Å². The van der Waals surface area contributed by atoms with E-state index in [1.807, 2.05) is 12.1 Å². The number of aromatic nitrogens is 3. The number of imidazole rings is 1. The Balaban J connectivity index is 1.62. The van der Waals surface area contributed by atoms with Crippen LogP contribution in [0.4, 0.5) is 5.69 Å². The Morgan fingerprint density at radius 2 is 2.22 bits per heavy atom. The van der Waals surface area contributed by atoms with Crippen LogP contribution in [0, 0.1) is 0 Å². The van der Waals surface area contributed by atoms with Crippen molar-refractivity contribution in [1.29, 1.82) is 0 Å². The number of anilines is 1. The highest BCUT2D eigenvalue weighted by atomic mass is 35.5. The molecule has 3 aromatic heterocycles. The van der Waals surface area contributed by atoms with E-state index in [1.165, 1.54) is 21.3 Å². The molecule has 0 unspecified atom stereocenters. The number of H-pyrrole nitrogens is 1. The van der Waals surface area contributed by atoms with Gasteiger partial charge in [-0.15, -0.1) is 11.3 Å². The van der Waals surface area contributed by atoms with E-state index in [2.05, 4.69) is 26.6 Å². The molecule has 0 saturated carbocycles. The predicted molar refractivity (Wildman–Crippen MR) is 107 cm³/mol. The molecule has 0 bridgehead atoms. The second-order valence-corrected chi connectivity index (χ2v) is 9.50. The second kappa shape index (κ2) is 5.96. The van der Waals surface area contributed by atoms with Gasteiger partial charge in [0.15, 0.2) is 15.1 Å². The van der Waals surface area contributed by atoms with E-state index in [9.17, 15) is 8.42 Å². The van der Waals surface area contributed by atoms with Crippen molar-refractivity contribution < 1.29 is 8.42 Å². The van der Waals surface area contributed by atoms with E-state index in [0.29, 0.717) is 10.6 Å². The Labute approximate surface area is 164 Å². The number of para-hydroxylation sites is 1. The molecule has 1 aromatic carbocycles. The molecule has 5 rings (SSSR count). The first kappa shape index (κ1) is 17.1. The van der Waals surface area contributed by atoms with E-state index >= 15 is 0 Å². The minimum Gasteiger partial charge on any atom is -0.355 e. The molecule has 4 heterocycles. The number of aromatic amines is 1. The summed E-state index contributed by atoms with van der Waals surface area (Å²) in [6.07, 6.45) is 2.59. The smallest absolute Gasteiger partial charge is 0.281 e. The molecular formula is C17H16ClN5O2S2. The van der Waals surface area contributed by atoms with Gasteiger partial charge in [-0.25, -0.2) is 4.98 Å². The van der Waals surface area contributed by atoms with Crippen molar-refractivity contribution in [3.63, 3.8) is 0 Å². The molecule has 0 aliphatic carbocycles. The van der Waals surface area contributed by atoms with Crippen molar-refractivity contribution in [2.45, 2.75) is 18.0 Å². The highest BCUT2D eigenvalue weighted by molar-refractivity contribution is 7.92. The van der Waals surface area contributed by atoms with Crippen LogP contribution in [0.1, 0.15) is 11.3 Å². The molecule has 140 valence electrons. The van der Waals surface area contributed by atoms with Gasteiger partial charge in [-0.05, 0) is 25.1 Å². The van der Waals surface area contributed by atoms with Gasteiger partial charge in [0.25, 0.3) is 10.0 Å². The van der Waals surface area contributed by atoms with Gasteiger partial charge in [-0.1, -0.05) is 23.7 Å². The lowest BCUT2D eigenvalue weighted by molar-refractivity contribution is 0.310. The molecule has 0 fully saturated rings.